The number of halogens is 1. The molecule has 3 heterocycles. The van der Waals surface area contributed by atoms with E-state index in [1.165, 1.54) is 12.5 Å². The molecule has 0 radical (unpaired) electrons. The molecule has 0 aliphatic carbocycles. The van der Waals surface area contributed by atoms with Crippen LogP contribution in [0.25, 0.3) is 11.3 Å². The van der Waals surface area contributed by atoms with E-state index in [4.69, 9.17) is 14.5 Å². The summed E-state index contributed by atoms with van der Waals surface area (Å²) in [6.07, 6.45) is 4.86. The third-order valence-electron chi connectivity index (χ3n) is 6.45. The van der Waals surface area contributed by atoms with Crippen molar-refractivity contribution in [3.05, 3.63) is 65.6 Å². The van der Waals surface area contributed by atoms with Gasteiger partial charge in [-0.2, -0.15) is 0 Å². The number of hydrogen-bond acceptors (Lipinski definition) is 6. The number of benzene rings is 2. The Balaban J connectivity index is 1.52. The van der Waals surface area contributed by atoms with Gasteiger partial charge in [0.25, 0.3) is 5.91 Å². The van der Waals surface area contributed by atoms with E-state index in [1.54, 1.807) is 29.3 Å². The molecule has 2 aliphatic rings. The van der Waals surface area contributed by atoms with Crippen LogP contribution in [0.5, 0.6) is 11.5 Å². The van der Waals surface area contributed by atoms with E-state index >= 15 is 0 Å². The molecule has 1 amide bonds. The highest BCUT2D eigenvalue weighted by Crippen LogP contribution is 2.34. The number of ether oxygens (including phenoxy) is 2. The number of nitrogens with zero attached hydrogens (tertiary/aromatic N) is 4. The first-order chi connectivity index (χ1) is 17.0. The van der Waals surface area contributed by atoms with Crippen molar-refractivity contribution in [1.82, 2.24) is 14.9 Å². The third kappa shape index (κ3) is 4.78. The van der Waals surface area contributed by atoms with Crippen LogP contribution in [-0.2, 0) is 6.54 Å². The minimum Gasteiger partial charge on any atom is -0.454 e. The van der Waals surface area contributed by atoms with Gasteiger partial charge in [-0.15, -0.1) is 0 Å². The van der Waals surface area contributed by atoms with E-state index in [0.29, 0.717) is 35.2 Å². The molecule has 1 fully saturated rings. The molecule has 35 heavy (non-hydrogen) atoms. The van der Waals surface area contributed by atoms with Crippen molar-refractivity contribution < 1.29 is 18.7 Å². The smallest absolute Gasteiger partial charge is 0.258 e. The van der Waals surface area contributed by atoms with E-state index in [1.807, 2.05) is 32.0 Å². The number of hydrogen-bond donors (Lipinski definition) is 0. The summed E-state index contributed by atoms with van der Waals surface area (Å²) in [5.41, 5.74) is 1.81. The number of anilines is 1. The lowest BCUT2D eigenvalue weighted by atomic mass is 10.0. The van der Waals surface area contributed by atoms with Gasteiger partial charge in [-0.3, -0.25) is 4.79 Å². The molecule has 182 valence electrons. The van der Waals surface area contributed by atoms with Crippen molar-refractivity contribution in [2.24, 2.45) is 0 Å². The Bertz CT molecular complexity index is 1230. The van der Waals surface area contributed by atoms with E-state index in [2.05, 4.69) is 9.88 Å². The molecule has 5 rings (SSSR count). The zero-order valence-electron chi connectivity index (χ0n) is 20.0. The minimum atomic E-state index is -0.420. The predicted octanol–water partition coefficient (Wildman–Crippen LogP) is 5.05. The summed E-state index contributed by atoms with van der Waals surface area (Å²) in [7, 11) is 0. The molecule has 0 bridgehead atoms. The molecule has 2 aliphatic heterocycles. The second-order valence-corrected chi connectivity index (χ2v) is 9.17. The molecule has 1 saturated heterocycles. The van der Waals surface area contributed by atoms with Gasteiger partial charge in [0.1, 0.15) is 5.82 Å². The fraction of sp³-hybridized carbons (Fsp3) is 0.370. The average molecular weight is 477 g/mol. The van der Waals surface area contributed by atoms with E-state index in [-0.39, 0.29) is 24.3 Å². The number of rotatable bonds is 6. The number of fused-ring (bicyclic) bond motifs is 1. The number of aromatic nitrogens is 2. The van der Waals surface area contributed by atoms with Gasteiger partial charge in [0.15, 0.2) is 11.5 Å². The zero-order valence-corrected chi connectivity index (χ0v) is 20.0. The van der Waals surface area contributed by atoms with Crippen LogP contribution in [0.1, 0.15) is 49.0 Å². The van der Waals surface area contributed by atoms with Crippen LogP contribution < -0.4 is 14.4 Å². The van der Waals surface area contributed by atoms with Crippen LogP contribution in [0.2, 0.25) is 0 Å². The first kappa shape index (κ1) is 23.1. The van der Waals surface area contributed by atoms with Gasteiger partial charge in [-0.25, -0.2) is 14.4 Å². The quantitative estimate of drug-likeness (QED) is 0.496. The summed E-state index contributed by atoms with van der Waals surface area (Å²) >= 11 is 0. The van der Waals surface area contributed by atoms with Crippen LogP contribution in [0.4, 0.5) is 10.3 Å². The molecular formula is C27H29FN4O3. The van der Waals surface area contributed by atoms with Crippen LogP contribution in [0.15, 0.2) is 48.7 Å². The minimum absolute atomic E-state index is 0.108. The van der Waals surface area contributed by atoms with Gasteiger partial charge in [-0.1, -0.05) is 18.2 Å². The predicted molar refractivity (Wildman–Crippen MR) is 131 cm³/mol. The normalized spacial score (nSPS) is 14.9. The van der Waals surface area contributed by atoms with Gasteiger partial charge < -0.3 is 19.3 Å². The second kappa shape index (κ2) is 9.90. The summed E-state index contributed by atoms with van der Waals surface area (Å²) in [6.45, 7) is 6.17. The molecule has 8 heteroatoms. The fourth-order valence-corrected chi connectivity index (χ4v) is 4.51. The fourth-order valence-electron chi connectivity index (χ4n) is 4.51. The highest BCUT2D eigenvalue weighted by Gasteiger charge is 2.27. The monoisotopic (exact) mass is 476 g/mol. The highest BCUT2D eigenvalue weighted by atomic mass is 19.1. The molecule has 0 N–H and O–H groups in total. The van der Waals surface area contributed by atoms with Crippen molar-refractivity contribution in [1.29, 1.82) is 0 Å². The number of amides is 1. The van der Waals surface area contributed by atoms with Gasteiger partial charge in [-0.05, 0) is 62.9 Å². The SMILES string of the molecule is CC(C)N(Cc1ccc2c(c1)OCO2)C(=O)c1cnc(N2CCCCC2)nc1-c1ccccc1F. The lowest BCUT2D eigenvalue weighted by Crippen LogP contribution is -2.37. The summed E-state index contributed by atoms with van der Waals surface area (Å²) in [6, 6.07) is 12.0. The lowest BCUT2D eigenvalue weighted by Gasteiger charge is -2.29. The van der Waals surface area contributed by atoms with Crippen LogP contribution >= 0.6 is 0 Å². The van der Waals surface area contributed by atoms with Crippen LogP contribution in [0, 0.1) is 5.82 Å². The van der Waals surface area contributed by atoms with Crippen molar-refractivity contribution in [2.75, 3.05) is 24.8 Å². The van der Waals surface area contributed by atoms with Crippen molar-refractivity contribution in [3.63, 3.8) is 0 Å². The number of carbonyl (C=O) groups excluding carboxylic acids is 1. The molecule has 0 atom stereocenters. The van der Waals surface area contributed by atoms with Gasteiger partial charge in [0.05, 0.1) is 11.3 Å². The molecule has 0 spiro atoms. The maximum absolute atomic E-state index is 14.9. The summed E-state index contributed by atoms with van der Waals surface area (Å²) in [5, 5.41) is 0. The molecule has 0 unspecified atom stereocenters. The molecule has 1 aromatic heterocycles. The van der Waals surface area contributed by atoms with Crippen molar-refractivity contribution >= 4 is 11.9 Å². The van der Waals surface area contributed by atoms with Gasteiger partial charge in [0, 0.05) is 37.4 Å². The van der Waals surface area contributed by atoms with Crippen molar-refractivity contribution in [2.45, 2.75) is 45.7 Å². The Morgan fingerprint density at radius 3 is 2.63 bits per heavy atom. The first-order valence-corrected chi connectivity index (χ1v) is 12.1. The molecule has 0 saturated carbocycles. The lowest BCUT2D eigenvalue weighted by molar-refractivity contribution is 0.0690. The summed E-state index contributed by atoms with van der Waals surface area (Å²) in [4.78, 5) is 27.0. The Hall–Kier alpha value is -3.68. The highest BCUT2D eigenvalue weighted by molar-refractivity contribution is 6.00. The van der Waals surface area contributed by atoms with E-state index in [9.17, 15) is 9.18 Å². The summed E-state index contributed by atoms with van der Waals surface area (Å²) < 4.78 is 25.8. The molecular weight excluding hydrogens is 447 g/mol. The Morgan fingerprint density at radius 1 is 1.09 bits per heavy atom. The largest absolute Gasteiger partial charge is 0.454 e. The Labute approximate surface area is 204 Å². The van der Waals surface area contributed by atoms with Crippen LogP contribution in [-0.4, -0.2) is 46.7 Å². The second-order valence-electron chi connectivity index (χ2n) is 9.17. The third-order valence-corrected chi connectivity index (χ3v) is 6.45. The first-order valence-electron chi connectivity index (χ1n) is 12.1. The van der Waals surface area contributed by atoms with Gasteiger partial charge in [0.2, 0.25) is 12.7 Å². The standard InChI is InChI=1S/C27H29FN4O3/c1-18(2)32(16-19-10-11-23-24(14-19)35-17-34-23)26(33)21-15-29-27(31-12-6-3-7-13-31)30-25(21)20-8-4-5-9-22(20)28/h4-5,8-11,14-15,18H,3,6-7,12-13,16-17H2,1-2H3. The summed E-state index contributed by atoms with van der Waals surface area (Å²) in [5.74, 6) is 1.23. The van der Waals surface area contributed by atoms with E-state index < -0.39 is 5.82 Å². The van der Waals surface area contributed by atoms with Crippen LogP contribution in [0.3, 0.4) is 0 Å². The Morgan fingerprint density at radius 2 is 1.86 bits per heavy atom. The maximum Gasteiger partial charge on any atom is 0.258 e. The number of piperidine rings is 1. The number of carbonyl (C=O) groups is 1. The molecule has 3 aromatic rings. The maximum atomic E-state index is 14.9. The van der Waals surface area contributed by atoms with Gasteiger partial charge >= 0.3 is 0 Å². The van der Waals surface area contributed by atoms with E-state index in [0.717, 1.165) is 31.5 Å². The Kier molecular flexibility index (Phi) is 6.53. The molecule has 2 aromatic carbocycles. The zero-order chi connectivity index (χ0) is 24.4. The topological polar surface area (TPSA) is 67.8 Å². The molecule has 7 nitrogen and oxygen atoms in total. The average Bonchev–Trinajstić information content (AvgIpc) is 3.35. The van der Waals surface area contributed by atoms with Crippen molar-refractivity contribution in [3.8, 4) is 22.8 Å².